The van der Waals surface area contributed by atoms with Crippen molar-refractivity contribution in [1.82, 2.24) is 0 Å². The van der Waals surface area contributed by atoms with Crippen molar-refractivity contribution >= 4 is 28.9 Å². The third-order valence-corrected chi connectivity index (χ3v) is 4.10. The van der Waals surface area contributed by atoms with Gasteiger partial charge >= 0.3 is 0 Å². The molecule has 1 aliphatic heterocycles. The van der Waals surface area contributed by atoms with Gasteiger partial charge in [-0.1, -0.05) is 23.7 Å². The number of hydrogen-bond acceptors (Lipinski definition) is 3. The second kappa shape index (κ2) is 5.48. The Kier molecular flexibility index (Phi) is 3.32. The molecule has 0 spiro atoms. The maximum Gasteiger partial charge on any atom is 0.262 e. The molecule has 3 aromatic rings. The van der Waals surface area contributed by atoms with Crippen molar-refractivity contribution in [3.8, 4) is 0 Å². The average Bonchev–Trinajstić information content (AvgIpc) is 3.10. The lowest BCUT2D eigenvalue weighted by atomic mass is 10.1. The first-order chi connectivity index (χ1) is 11.2. The minimum Gasteiger partial charge on any atom is -0.465 e. The van der Waals surface area contributed by atoms with E-state index in [-0.39, 0.29) is 5.91 Å². The lowest BCUT2D eigenvalue weighted by Crippen LogP contribution is -2.43. The lowest BCUT2D eigenvalue weighted by molar-refractivity contribution is 0.0972. The predicted octanol–water partition coefficient (Wildman–Crippen LogP) is 4.70. The molecule has 0 saturated carbocycles. The predicted molar refractivity (Wildman–Crippen MR) is 89.8 cm³/mol. The van der Waals surface area contributed by atoms with Gasteiger partial charge in [0.05, 0.1) is 11.8 Å². The summed E-state index contributed by atoms with van der Waals surface area (Å²) < 4.78 is 5.53. The van der Waals surface area contributed by atoms with Gasteiger partial charge in [-0.3, -0.25) is 9.69 Å². The van der Waals surface area contributed by atoms with Gasteiger partial charge in [-0.15, -0.1) is 0 Å². The SMILES string of the molecule is O=C1c2ccccc2N[C@H](c2ccco2)N1c1ccc(Cl)cc1. The first-order valence-corrected chi connectivity index (χ1v) is 7.60. The number of para-hydroxylation sites is 1. The second-order valence-electron chi connectivity index (χ2n) is 5.26. The van der Waals surface area contributed by atoms with E-state index in [0.717, 1.165) is 11.4 Å². The minimum absolute atomic E-state index is 0.0805. The molecule has 4 nitrogen and oxygen atoms in total. The van der Waals surface area contributed by atoms with Crippen LogP contribution in [0.15, 0.2) is 71.3 Å². The Labute approximate surface area is 138 Å². The van der Waals surface area contributed by atoms with E-state index in [4.69, 9.17) is 16.0 Å². The van der Waals surface area contributed by atoms with E-state index in [1.807, 2.05) is 48.5 Å². The summed E-state index contributed by atoms with van der Waals surface area (Å²) in [6, 6.07) is 18.3. The summed E-state index contributed by atoms with van der Waals surface area (Å²) in [7, 11) is 0. The Hall–Kier alpha value is -2.72. The summed E-state index contributed by atoms with van der Waals surface area (Å²) in [6.45, 7) is 0. The molecule has 4 rings (SSSR count). The van der Waals surface area contributed by atoms with E-state index in [1.54, 1.807) is 23.3 Å². The average molecular weight is 325 g/mol. The number of furan rings is 1. The quantitative estimate of drug-likeness (QED) is 0.743. The highest BCUT2D eigenvalue weighted by molar-refractivity contribution is 6.30. The lowest BCUT2D eigenvalue weighted by Gasteiger charge is -2.36. The third kappa shape index (κ3) is 2.37. The zero-order valence-corrected chi connectivity index (χ0v) is 12.8. The minimum atomic E-state index is -0.409. The molecule has 0 fully saturated rings. The largest absolute Gasteiger partial charge is 0.465 e. The van der Waals surface area contributed by atoms with Crippen LogP contribution < -0.4 is 10.2 Å². The molecule has 0 aliphatic carbocycles. The van der Waals surface area contributed by atoms with Crippen molar-refractivity contribution in [2.45, 2.75) is 6.17 Å². The molecule has 1 aliphatic rings. The Balaban J connectivity index is 1.85. The summed E-state index contributed by atoms with van der Waals surface area (Å²) >= 11 is 5.97. The second-order valence-corrected chi connectivity index (χ2v) is 5.70. The summed E-state index contributed by atoms with van der Waals surface area (Å²) in [6.07, 6.45) is 1.19. The molecule has 1 N–H and O–H groups in total. The first-order valence-electron chi connectivity index (χ1n) is 7.22. The van der Waals surface area contributed by atoms with Gasteiger partial charge in [-0.25, -0.2) is 0 Å². The van der Waals surface area contributed by atoms with E-state index in [2.05, 4.69) is 5.32 Å². The zero-order chi connectivity index (χ0) is 15.8. The van der Waals surface area contributed by atoms with Gasteiger partial charge in [0.15, 0.2) is 6.17 Å². The molecule has 0 bridgehead atoms. The number of nitrogens with zero attached hydrogens (tertiary/aromatic N) is 1. The molecule has 2 aromatic carbocycles. The highest BCUT2D eigenvalue weighted by atomic mass is 35.5. The number of hydrogen-bond donors (Lipinski definition) is 1. The van der Waals surface area contributed by atoms with Crippen LogP contribution in [0.1, 0.15) is 22.3 Å². The van der Waals surface area contributed by atoms with Crippen LogP contribution in [0, 0.1) is 0 Å². The first kappa shape index (κ1) is 13.9. The van der Waals surface area contributed by atoms with Crippen molar-refractivity contribution < 1.29 is 9.21 Å². The van der Waals surface area contributed by atoms with Gasteiger partial charge in [-0.05, 0) is 48.5 Å². The fourth-order valence-electron chi connectivity index (χ4n) is 2.77. The normalized spacial score (nSPS) is 16.8. The highest BCUT2D eigenvalue weighted by Gasteiger charge is 2.35. The van der Waals surface area contributed by atoms with Crippen LogP contribution in [-0.2, 0) is 0 Å². The summed E-state index contributed by atoms with van der Waals surface area (Å²) in [5.74, 6) is 0.589. The number of amides is 1. The fourth-order valence-corrected chi connectivity index (χ4v) is 2.89. The maximum absolute atomic E-state index is 13.0. The summed E-state index contributed by atoms with van der Waals surface area (Å²) in [4.78, 5) is 14.7. The van der Waals surface area contributed by atoms with Gasteiger partial charge < -0.3 is 9.73 Å². The molecule has 5 heteroatoms. The fraction of sp³-hybridized carbons (Fsp3) is 0.0556. The molecular weight excluding hydrogens is 312 g/mol. The van der Waals surface area contributed by atoms with Gasteiger partial charge in [0.2, 0.25) is 0 Å². The smallest absolute Gasteiger partial charge is 0.262 e. The molecule has 0 radical (unpaired) electrons. The van der Waals surface area contributed by atoms with Crippen LogP contribution in [0.2, 0.25) is 5.02 Å². The van der Waals surface area contributed by atoms with Crippen LogP contribution in [0.5, 0.6) is 0 Å². The molecule has 0 saturated heterocycles. The van der Waals surface area contributed by atoms with Gasteiger partial charge in [0, 0.05) is 16.4 Å². The van der Waals surface area contributed by atoms with Crippen LogP contribution in [0.25, 0.3) is 0 Å². The van der Waals surface area contributed by atoms with Crippen LogP contribution in [0.4, 0.5) is 11.4 Å². The number of rotatable bonds is 2. The zero-order valence-electron chi connectivity index (χ0n) is 12.1. The molecule has 114 valence electrons. The molecule has 2 heterocycles. The number of halogens is 1. The van der Waals surface area contributed by atoms with E-state index < -0.39 is 6.17 Å². The molecule has 23 heavy (non-hydrogen) atoms. The Bertz CT molecular complexity index is 844. The summed E-state index contributed by atoms with van der Waals surface area (Å²) in [5, 5.41) is 4.00. The van der Waals surface area contributed by atoms with Crippen molar-refractivity contribution in [2.75, 3.05) is 10.2 Å². The van der Waals surface area contributed by atoms with Crippen LogP contribution in [-0.4, -0.2) is 5.91 Å². The van der Waals surface area contributed by atoms with Crippen LogP contribution >= 0.6 is 11.6 Å². The van der Waals surface area contributed by atoms with E-state index in [9.17, 15) is 4.79 Å². The summed E-state index contributed by atoms with van der Waals surface area (Å²) in [5.41, 5.74) is 2.18. The van der Waals surface area contributed by atoms with Gasteiger partial charge in [0.1, 0.15) is 5.76 Å². The van der Waals surface area contributed by atoms with Gasteiger partial charge in [-0.2, -0.15) is 0 Å². The number of anilines is 2. The standard InChI is InChI=1S/C18H13ClN2O2/c19-12-7-9-13(10-8-12)21-17(16-6-3-11-23-16)20-15-5-2-1-4-14(15)18(21)22/h1-11,17,20H/t17-/m0/s1. The Morgan fingerprint density at radius 1 is 1.00 bits per heavy atom. The maximum atomic E-state index is 13.0. The molecule has 1 aromatic heterocycles. The Morgan fingerprint density at radius 2 is 1.78 bits per heavy atom. The topological polar surface area (TPSA) is 45.5 Å². The number of nitrogens with one attached hydrogen (secondary N) is 1. The van der Waals surface area contributed by atoms with Gasteiger partial charge in [0.25, 0.3) is 5.91 Å². The van der Waals surface area contributed by atoms with E-state index >= 15 is 0 Å². The van der Waals surface area contributed by atoms with E-state index in [0.29, 0.717) is 16.3 Å². The van der Waals surface area contributed by atoms with E-state index in [1.165, 1.54) is 0 Å². The van der Waals surface area contributed by atoms with Crippen molar-refractivity contribution in [3.05, 3.63) is 83.3 Å². The molecule has 1 amide bonds. The van der Waals surface area contributed by atoms with Crippen molar-refractivity contribution in [1.29, 1.82) is 0 Å². The number of carbonyl (C=O) groups excluding carboxylic acids is 1. The van der Waals surface area contributed by atoms with Crippen LogP contribution in [0.3, 0.4) is 0 Å². The number of carbonyl (C=O) groups is 1. The molecule has 1 atom stereocenters. The Morgan fingerprint density at radius 3 is 2.52 bits per heavy atom. The third-order valence-electron chi connectivity index (χ3n) is 3.84. The monoisotopic (exact) mass is 324 g/mol. The highest BCUT2D eigenvalue weighted by Crippen LogP contribution is 2.36. The van der Waals surface area contributed by atoms with Crippen molar-refractivity contribution in [2.24, 2.45) is 0 Å². The number of fused-ring (bicyclic) bond motifs is 1. The molecule has 0 unspecified atom stereocenters. The number of benzene rings is 2. The molecular formula is C18H13ClN2O2. The van der Waals surface area contributed by atoms with Crippen molar-refractivity contribution in [3.63, 3.8) is 0 Å².